The van der Waals surface area contributed by atoms with Gasteiger partial charge >= 0.3 is 0 Å². The molecular weight excluding hydrogens is 158 g/mol. The number of rotatable bonds is 2. The fourth-order valence-corrected chi connectivity index (χ4v) is 3.37. The second kappa shape index (κ2) is 4.13. The molecule has 2 atom stereocenters. The van der Waals surface area contributed by atoms with Crippen LogP contribution in [0.1, 0.15) is 51.4 Å². The molecule has 2 unspecified atom stereocenters. The Morgan fingerprint density at radius 1 is 1.08 bits per heavy atom. The van der Waals surface area contributed by atoms with Crippen LogP contribution in [-0.4, -0.2) is 0 Å². The minimum absolute atomic E-state index is 0.782. The third kappa shape index (κ3) is 2.24. The maximum absolute atomic E-state index is 8.55. The molecule has 0 aliphatic heterocycles. The summed E-state index contributed by atoms with van der Waals surface area (Å²) in [4.78, 5) is 0. The third-order valence-corrected chi connectivity index (χ3v) is 3.89. The summed E-state index contributed by atoms with van der Waals surface area (Å²) >= 11 is 0. The molecule has 1 nitrogen and oxygen atoms in total. The molecule has 0 aromatic rings. The van der Waals surface area contributed by atoms with Crippen LogP contribution in [0.4, 0.5) is 0 Å². The highest BCUT2D eigenvalue weighted by Gasteiger charge is 2.31. The Bertz CT molecular complexity index is 192. The monoisotopic (exact) mass is 177 g/mol. The van der Waals surface area contributed by atoms with Crippen molar-refractivity contribution < 1.29 is 0 Å². The molecule has 2 saturated carbocycles. The lowest BCUT2D eigenvalue weighted by molar-refractivity contribution is 0.133. The first kappa shape index (κ1) is 9.06. The lowest BCUT2D eigenvalue weighted by Crippen LogP contribution is -2.26. The zero-order chi connectivity index (χ0) is 9.10. The summed E-state index contributed by atoms with van der Waals surface area (Å²) in [7, 11) is 0. The van der Waals surface area contributed by atoms with Gasteiger partial charge in [-0.25, -0.2) is 0 Å². The van der Waals surface area contributed by atoms with Crippen LogP contribution in [0.15, 0.2) is 0 Å². The third-order valence-electron chi connectivity index (χ3n) is 3.89. The quantitative estimate of drug-likeness (QED) is 0.633. The highest BCUT2D eigenvalue weighted by atomic mass is 14.4. The normalized spacial score (nSPS) is 38.2. The van der Waals surface area contributed by atoms with Crippen LogP contribution >= 0.6 is 0 Å². The summed E-state index contributed by atoms with van der Waals surface area (Å²) in [6.45, 7) is 0. The van der Waals surface area contributed by atoms with E-state index in [2.05, 4.69) is 6.07 Å². The molecule has 72 valence electrons. The van der Waals surface area contributed by atoms with Crippen molar-refractivity contribution in [1.82, 2.24) is 0 Å². The summed E-state index contributed by atoms with van der Waals surface area (Å²) in [5.41, 5.74) is 0. The molecule has 0 radical (unpaired) electrons. The van der Waals surface area contributed by atoms with Crippen molar-refractivity contribution in [2.24, 2.45) is 17.8 Å². The van der Waals surface area contributed by atoms with Crippen molar-refractivity contribution in [3.63, 3.8) is 0 Å². The molecule has 0 saturated heterocycles. The Kier molecular flexibility index (Phi) is 2.88. The first-order chi connectivity index (χ1) is 6.38. The van der Waals surface area contributed by atoms with Gasteiger partial charge in [0.05, 0.1) is 6.07 Å². The topological polar surface area (TPSA) is 23.8 Å². The number of hydrogen-bond acceptors (Lipinski definition) is 1. The molecule has 2 aliphatic rings. The highest BCUT2D eigenvalue weighted by Crippen LogP contribution is 2.43. The lowest BCUT2D eigenvalue weighted by atomic mass is 9.67. The van der Waals surface area contributed by atoms with E-state index in [1.54, 1.807) is 0 Å². The molecule has 2 bridgehead atoms. The van der Waals surface area contributed by atoms with Crippen molar-refractivity contribution in [3.8, 4) is 6.07 Å². The number of nitriles is 1. The molecule has 0 spiro atoms. The molecule has 0 aromatic carbocycles. The predicted octanol–water partition coefficient (Wildman–Crippen LogP) is 3.51. The van der Waals surface area contributed by atoms with Crippen LogP contribution in [0.5, 0.6) is 0 Å². The number of hydrogen-bond donors (Lipinski definition) is 0. The molecule has 0 N–H and O–H groups in total. The van der Waals surface area contributed by atoms with Gasteiger partial charge in [-0.05, 0) is 43.4 Å². The number of fused-ring (bicyclic) bond motifs is 2. The van der Waals surface area contributed by atoms with E-state index >= 15 is 0 Å². The molecule has 13 heavy (non-hydrogen) atoms. The molecular formula is C12H19N. The average molecular weight is 177 g/mol. The maximum atomic E-state index is 8.55. The minimum atomic E-state index is 0.782. The number of nitrogens with zero attached hydrogens (tertiary/aromatic N) is 1. The molecule has 2 aliphatic carbocycles. The van der Waals surface area contributed by atoms with E-state index in [-0.39, 0.29) is 0 Å². The van der Waals surface area contributed by atoms with E-state index in [1.807, 2.05) is 0 Å². The Labute approximate surface area is 81.1 Å². The van der Waals surface area contributed by atoms with E-state index in [0.29, 0.717) is 0 Å². The summed E-state index contributed by atoms with van der Waals surface area (Å²) < 4.78 is 0. The minimum Gasteiger partial charge on any atom is -0.198 e. The Balaban J connectivity index is 1.84. The van der Waals surface area contributed by atoms with E-state index in [1.165, 1.54) is 44.9 Å². The predicted molar refractivity (Wildman–Crippen MR) is 53.0 cm³/mol. The summed E-state index contributed by atoms with van der Waals surface area (Å²) in [6.07, 6.45) is 10.7. The molecule has 2 fully saturated rings. The maximum Gasteiger partial charge on any atom is 0.0621 e. The van der Waals surface area contributed by atoms with Crippen LogP contribution in [0.3, 0.4) is 0 Å². The van der Waals surface area contributed by atoms with Crippen molar-refractivity contribution in [2.45, 2.75) is 51.4 Å². The van der Waals surface area contributed by atoms with Crippen molar-refractivity contribution in [1.29, 1.82) is 5.26 Å². The van der Waals surface area contributed by atoms with Crippen LogP contribution in [-0.2, 0) is 0 Å². The molecule has 0 heterocycles. The molecule has 0 amide bonds. The SMILES string of the molecule is N#CCCC1CC2CCCC(C1)C2. The van der Waals surface area contributed by atoms with E-state index < -0.39 is 0 Å². The van der Waals surface area contributed by atoms with Crippen molar-refractivity contribution in [3.05, 3.63) is 0 Å². The molecule has 2 rings (SSSR count). The van der Waals surface area contributed by atoms with Crippen molar-refractivity contribution >= 4 is 0 Å². The molecule has 1 heteroatoms. The van der Waals surface area contributed by atoms with Crippen LogP contribution in [0.2, 0.25) is 0 Å². The van der Waals surface area contributed by atoms with Gasteiger partial charge in [-0.1, -0.05) is 19.3 Å². The first-order valence-corrected chi connectivity index (χ1v) is 5.75. The Morgan fingerprint density at radius 3 is 2.38 bits per heavy atom. The van der Waals surface area contributed by atoms with E-state index in [4.69, 9.17) is 5.26 Å². The van der Waals surface area contributed by atoms with Gasteiger partial charge in [-0.15, -0.1) is 0 Å². The van der Waals surface area contributed by atoms with Crippen LogP contribution in [0.25, 0.3) is 0 Å². The standard InChI is InChI=1S/C12H19N/c13-6-2-5-12-8-10-3-1-4-11(7-10)9-12/h10-12H,1-5,7-9H2. The first-order valence-electron chi connectivity index (χ1n) is 5.75. The van der Waals surface area contributed by atoms with Gasteiger partial charge < -0.3 is 0 Å². The fourth-order valence-electron chi connectivity index (χ4n) is 3.37. The highest BCUT2D eigenvalue weighted by molar-refractivity contribution is 4.84. The zero-order valence-electron chi connectivity index (χ0n) is 8.34. The summed E-state index contributed by atoms with van der Waals surface area (Å²) in [6, 6.07) is 2.28. The Hall–Kier alpha value is -0.510. The van der Waals surface area contributed by atoms with E-state index in [9.17, 15) is 0 Å². The molecule has 0 aromatic heterocycles. The zero-order valence-corrected chi connectivity index (χ0v) is 8.34. The van der Waals surface area contributed by atoms with E-state index in [0.717, 1.165) is 24.2 Å². The van der Waals surface area contributed by atoms with Crippen LogP contribution < -0.4 is 0 Å². The van der Waals surface area contributed by atoms with Gasteiger partial charge in [0, 0.05) is 6.42 Å². The second-order valence-corrected chi connectivity index (χ2v) is 4.93. The van der Waals surface area contributed by atoms with Gasteiger partial charge in [-0.2, -0.15) is 5.26 Å². The Morgan fingerprint density at radius 2 is 1.77 bits per heavy atom. The van der Waals surface area contributed by atoms with Crippen molar-refractivity contribution in [2.75, 3.05) is 0 Å². The van der Waals surface area contributed by atoms with Gasteiger partial charge in [0.15, 0.2) is 0 Å². The van der Waals surface area contributed by atoms with Gasteiger partial charge in [0.25, 0.3) is 0 Å². The summed E-state index contributed by atoms with van der Waals surface area (Å²) in [5.74, 6) is 2.94. The van der Waals surface area contributed by atoms with Gasteiger partial charge in [0.2, 0.25) is 0 Å². The van der Waals surface area contributed by atoms with Gasteiger partial charge in [-0.3, -0.25) is 0 Å². The smallest absolute Gasteiger partial charge is 0.0621 e. The lowest BCUT2D eigenvalue weighted by Gasteiger charge is -2.38. The van der Waals surface area contributed by atoms with Gasteiger partial charge in [0.1, 0.15) is 0 Å². The summed E-state index contributed by atoms with van der Waals surface area (Å²) in [5, 5.41) is 8.55. The second-order valence-electron chi connectivity index (χ2n) is 4.93. The average Bonchev–Trinajstić information content (AvgIpc) is 2.14. The fraction of sp³-hybridized carbons (Fsp3) is 0.917. The van der Waals surface area contributed by atoms with Crippen LogP contribution in [0, 0.1) is 29.1 Å². The largest absolute Gasteiger partial charge is 0.198 e.